The first-order valence-electron chi connectivity index (χ1n) is 11.4. The average Bonchev–Trinajstić information content (AvgIpc) is 2.68. The fraction of sp³-hybridized carbons (Fsp3) is 0.783. The molecular weight excluding hydrogens is 386 g/mol. The third kappa shape index (κ3) is 21.5. The number of hydrogen-bond acceptors (Lipinski definition) is 4. The zero-order valence-corrected chi connectivity index (χ0v) is 19.7. The number of rotatable bonds is 16. The summed E-state index contributed by atoms with van der Waals surface area (Å²) in [6, 6.07) is 4.32. The highest BCUT2D eigenvalue weighted by Gasteiger charge is 2.00. The summed E-state index contributed by atoms with van der Waals surface area (Å²) < 4.78 is 33.4. The number of aromatic nitrogens is 1. The summed E-state index contributed by atoms with van der Waals surface area (Å²) >= 11 is 0. The van der Waals surface area contributed by atoms with Crippen LogP contribution < -0.4 is 4.57 Å². The maximum Gasteiger partial charge on any atom is 0.217 e. The molecule has 5 nitrogen and oxygen atoms in total. The highest BCUT2D eigenvalue weighted by molar-refractivity contribution is 7.80. The van der Waals surface area contributed by atoms with E-state index in [-0.39, 0.29) is 0 Å². The molecule has 0 aliphatic rings. The zero-order chi connectivity index (χ0) is 21.8. The Bertz CT molecular complexity index is 590. The lowest BCUT2D eigenvalue weighted by atomic mass is 10.0. The molecular formula is C23H43NO4S. The molecule has 1 aromatic rings. The van der Waals surface area contributed by atoms with E-state index in [0.29, 0.717) is 0 Å². The molecule has 0 bridgehead atoms. The topological polar surface area (TPSA) is 70.3 Å². The van der Waals surface area contributed by atoms with Crippen molar-refractivity contribution in [1.29, 1.82) is 0 Å². The molecule has 0 aromatic carbocycles. The Labute approximate surface area is 179 Å². The second-order valence-corrected chi connectivity index (χ2v) is 8.94. The van der Waals surface area contributed by atoms with Gasteiger partial charge in [0.15, 0.2) is 12.4 Å². The molecule has 0 unspecified atom stereocenters. The van der Waals surface area contributed by atoms with E-state index < -0.39 is 10.4 Å². The van der Waals surface area contributed by atoms with Crippen LogP contribution in [0.15, 0.2) is 24.5 Å². The molecule has 0 fully saturated rings. The van der Waals surface area contributed by atoms with Crippen molar-refractivity contribution < 1.29 is 21.7 Å². The van der Waals surface area contributed by atoms with Gasteiger partial charge in [-0.05, 0) is 19.4 Å². The van der Waals surface area contributed by atoms with E-state index in [1.54, 1.807) is 0 Å². The van der Waals surface area contributed by atoms with E-state index in [1.165, 1.54) is 102 Å². The number of aryl methyl sites for hydroxylation is 2. The zero-order valence-electron chi connectivity index (χ0n) is 18.9. The molecule has 0 spiro atoms. The van der Waals surface area contributed by atoms with Crippen LogP contribution in [-0.2, 0) is 21.1 Å². The van der Waals surface area contributed by atoms with Crippen LogP contribution in [0.3, 0.4) is 0 Å². The van der Waals surface area contributed by atoms with Crippen molar-refractivity contribution in [3.63, 3.8) is 0 Å². The molecule has 0 radical (unpaired) electrons. The molecule has 0 saturated heterocycles. The van der Waals surface area contributed by atoms with Crippen molar-refractivity contribution in [3.8, 4) is 0 Å². The predicted octanol–water partition coefficient (Wildman–Crippen LogP) is 5.86. The van der Waals surface area contributed by atoms with Crippen molar-refractivity contribution in [2.24, 2.45) is 0 Å². The molecule has 0 amide bonds. The average molecular weight is 430 g/mol. The minimum atomic E-state index is -4.41. The van der Waals surface area contributed by atoms with Gasteiger partial charge in [-0.3, -0.25) is 4.18 Å². The van der Waals surface area contributed by atoms with Gasteiger partial charge in [0.2, 0.25) is 10.4 Å². The van der Waals surface area contributed by atoms with Crippen molar-refractivity contribution in [3.05, 3.63) is 30.1 Å². The molecule has 1 heterocycles. The van der Waals surface area contributed by atoms with E-state index in [9.17, 15) is 13.0 Å². The van der Waals surface area contributed by atoms with Gasteiger partial charge in [0, 0.05) is 18.1 Å². The van der Waals surface area contributed by atoms with Crippen LogP contribution in [-0.4, -0.2) is 20.1 Å². The lowest BCUT2D eigenvalue weighted by Crippen LogP contribution is -2.32. The van der Waals surface area contributed by atoms with Gasteiger partial charge in [-0.2, -0.15) is 0 Å². The molecule has 6 heteroatoms. The first-order chi connectivity index (χ1) is 13.9. The standard InChI is InChI=1S/C22H40N.CH4O4S/c1-3-4-5-6-7-8-9-10-11-12-13-14-15-16-19-23-20-17-18-22(2)21-23;1-5-6(2,3)4/h17-18,20-21H,3-16,19H2,1-2H3;1H3,(H,2,3,4)/q+1;/p-1. The normalized spacial score (nSPS) is 11.2. The van der Waals surface area contributed by atoms with E-state index in [0.717, 1.165) is 7.11 Å². The van der Waals surface area contributed by atoms with Gasteiger partial charge in [-0.1, -0.05) is 84.0 Å². The highest BCUT2D eigenvalue weighted by Crippen LogP contribution is 2.12. The van der Waals surface area contributed by atoms with Crippen molar-refractivity contribution in [2.45, 2.75) is 110 Å². The summed E-state index contributed by atoms with van der Waals surface area (Å²) in [6.07, 6.45) is 24.5. The molecule has 1 aromatic heterocycles. The van der Waals surface area contributed by atoms with Gasteiger partial charge in [0.25, 0.3) is 0 Å². The Balaban J connectivity index is 0.00000113. The van der Waals surface area contributed by atoms with Gasteiger partial charge in [0.05, 0.1) is 7.11 Å². The lowest BCUT2D eigenvalue weighted by molar-refractivity contribution is -0.697. The van der Waals surface area contributed by atoms with Crippen molar-refractivity contribution in [1.82, 2.24) is 0 Å². The third-order valence-electron chi connectivity index (χ3n) is 4.98. The molecule has 29 heavy (non-hydrogen) atoms. The Morgan fingerprint density at radius 1 is 0.862 bits per heavy atom. The Kier molecular flexibility index (Phi) is 18.4. The Morgan fingerprint density at radius 2 is 1.28 bits per heavy atom. The number of unbranched alkanes of at least 4 members (excludes halogenated alkanes) is 13. The maximum absolute atomic E-state index is 9.22. The summed E-state index contributed by atoms with van der Waals surface area (Å²) in [5.41, 5.74) is 1.36. The SMILES string of the molecule is CCCCCCCCCCCCCCCC[n+]1cccc(C)c1.COS(=O)(=O)[O-]. The fourth-order valence-corrected chi connectivity index (χ4v) is 3.28. The monoisotopic (exact) mass is 429 g/mol. The third-order valence-corrected chi connectivity index (χ3v) is 5.39. The van der Waals surface area contributed by atoms with Gasteiger partial charge >= 0.3 is 0 Å². The van der Waals surface area contributed by atoms with E-state index in [4.69, 9.17) is 0 Å². The number of pyridine rings is 1. The first-order valence-corrected chi connectivity index (χ1v) is 12.7. The van der Waals surface area contributed by atoms with Crippen LogP contribution in [0.4, 0.5) is 0 Å². The molecule has 1 rings (SSSR count). The summed E-state index contributed by atoms with van der Waals surface area (Å²) in [7, 11) is -3.60. The first kappa shape index (κ1) is 28.0. The van der Waals surface area contributed by atoms with Crippen molar-refractivity contribution >= 4 is 10.4 Å². The number of hydrogen-bond donors (Lipinski definition) is 0. The maximum atomic E-state index is 9.22. The quantitative estimate of drug-likeness (QED) is 0.143. The highest BCUT2D eigenvalue weighted by atomic mass is 32.3. The van der Waals surface area contributed by atoms with E-state index in [1.807, 2.05) is 0 Å². The smallest absolute Gasteiger partial charge is 0.217 e. The van der Waals surface area contributed by atoms with Crippen LogP contribution in [0.2, 0.25) is 0 Å². The second kappa shape index (κ2) is 19.0. The minimum Gasteiger partial charge on any atom is -0.726 e. The van der Waals surface area contributed by atoms with Crippen LogP contribution in [0.1, 0.15) is 102 Å². The second-order valence-electron chi connectivity index (χ2n) is 7.79. The Morgan fingerprint density at radius 3 is 1.66 bits per heavy atom. The van der Waals surface area contributed by atoms with E-state index in [2.05, 4.69) is 47.1 Å². The fourth-order valence-electron chi connectivity index (χ4n) is 3.28. The van der Waals surface area contributed by atoms with Crippen LogP contribution >= 0.6 is 0 Å². The summed E-state index contributed by atoms with van der Waals surface area (Å²) in [6.45, 7) is 5.64. The van der Waals surface area contributed by atoms with E-state index >= 15 is 0 Å². The molecule has 0 saturated carbocycles. The molecule has 0 N–H and O–H groups in total. The van der Waals surface area contributed by atoms with Gasteiger partial charge in [-0.15, -0.1) is 0 Å². The predicted molar refractivity (Wildman–Crippen MR) is 118 cm³/mol. The Hall–Kier alpha value is -0.980. The molecule has 0 aliphatic carbocycles. The lowest BCUT2D eigenvalue weighted by Gasteiger charge is -2.03. The van der Waals surface area contributed by atoms with Crippen LogP contribution in [0.25, 0.3) is 0 Å². The minimum absolute atomic E-state index is 0.808. The van der Waals surface area contributed by atoms with Gasteiger partial charge in [0.1, 0.15) is 6.54 Å². The van der Waals surface area contributed by atoms with Crippen LogP contribution in [0.5, 0.6) is 0 Å². The largest absolute Gasteiger partial charge is 0.726 e. The van der Waals surface area contributed by atoms with Gasteiger partial charge in [-0.25, -0.2) is 13.0 Å². The summed E-state index contributed by atoms with van der Waals surface area (Å²) in [4.78, 5) is 0. The van der Waals surface area contributed by atoms with Crippen LogP contribution in [0, 0.1) is 6.92 Å². The van der Waals surface area contributed by atoms with Gasteiger partial charge < -0.3 is 4.55 Å². The molecule has 170 valence electrons. The molecule has 0 atom stereocenters. The summed E-state index contributed by atoms with van der Waals surface area (Å²) in [5, 5.41) is 0. The molecule has 0 aliphatic heterocycles. The van der Waals surface area contributed by atoms with Crippen molar-refractivity contribution in [2.75, 3.05) is 7.11 Å². The number of nitrogens with zero attached hydrogens (tertiary/aromatic N) is 1. The summed E-state index contributed by atoms with van der Waals surface area (Å²) in [5.74, 6) is 0.